The summed E-state index contributed by atoms with van der Waals surface area (Å²) in [5, 5.41) is 2.58. The highest BCUT2D eigenvalue weighted by Gasteiger charge is 2.35. The van der Waals surface area contributed by atoms with E-state index >= 15 is 0 Å². The van der Waals surface area contributed by atoms with Crippen molar-refractivity contribution in [1.82, 2.24) is 5.32 Å². The number of alkyl halides is 3. The molecule has 1 aromatic carbocycles. The Kier molecular flexibility index (Phi) is 5.47. The van der Waals surface area contributed by atoms with Gasteiger partial charge in [0.05, 0.1) is 11.1 Å². The number of hydrogen-bond acceptors (Lipinski definition) is 1. The highest BCUT2D eigenvalue weighted by molar-refractivity contribution is 9.10. The number of rotatable bonds is 3. The van der Waals surface area contributed by atoms with Gasteiger partial charge in [0, 0.05) is 11.0 Å². The zero-order valence-corrected chi connectivity index (χ0v) is 14.0. The SMILES string of the molecule is CC(CNC(=O)c1ccc(Br)cc1C(F)(F)F)C(C)(C)C. The van der Waals surface area contributed by atoms with E-state index in [4.69, 9.17) is 0 Å². The van der Waals surface area contributed by atoms with Crippen LogP contribution in [0.1, 0.15) is 43.6 Å². The molecule has 1 atom stereocenters. The van der Waals surface area contributed by atoms with E-state index in [2.05, 4.69) is 21.2 Å². The molecule has 0 aliphatic heterocycles. The van der Waals surface area contributed by atoms with Gasteiger partial charge in [-0.25, -0.2) is 0 Å². The van der Waals surface area contributed by atoms with E-state index in [1.165, 1.54) is 12.1 Å². The summed E-state index contributed by atoms with van der Waals surface area (Å²) < 4.78 is 39.2. The maximum atomic E-state index is 13.0. The monoisotopic (exact) mass is 365 g/mol. The second-order valence-corrected chi connectivity index (χ2v) is 7.08. The van der Waals surface area contributed by atoms with Gasteiger partial charge in [0.15, 0.2) is 0 Å². The zero-order valence-electron chi connectivity index (χ0n) is 12.4. The van der Waals surface area contributed by atoms with E-state index < -0.39 is 17.6 Å². The first kappa shape index (κ1) is 18.0. The predicted molar refractivity (Wildman–Crippen MR) is 80.1 cm³/mol. The molecule has 0 saturated carbocycles. The summed E-state index contributed by atoms with van der Waals surface area (Å²) in [6, 6.07) is 3.53. The van der Waals surface area contributed by atoms with E-state index in [9.17, 15) is 18.0 Å². The minimum atomic E-state index is -4.56. The van der Waals surface area contributed by atoms with Crippen LogP contribution in [-0.4, -0.2) is 12.5 Å². The van der Waals surface area contributed by atoms with Gasteiger partial charge in [-0.15, -0.1) is 0 Å². The predicted octanol–water partition coefficient (Wildman–Crippen LogP) is 4.88. The van der Waals surface area contributed by atoms with Crippen molar-refractivity contribution >= 4 is 21.8 Å². The largest absolute Gasteiger partial charge is 0.417 e. The van der Waals surface area contributed by atoms with Crippen molar-refractivity contribution < 1.29 is 18.0 Å². The van der Waals surface area contributed by atoms with Crippen LogP contribution in [0.5, 0.6) is 0 Å². The lowest BCUT2D eigenvalue weighted by atomic mass is 9.82. The van der Waals surface area contributed by atoms with Gasteiger partial charge in [-0.3, -0.25) is 4.79 Å². The number of carbonyl (C=O) groups is 1. The van der Waals surface area contributed by atoms with Gasteiger partial charge >= 0.3 is 6.18 Å². The Balaban J connectivity index is 2.94. The molecular formula is C15H19BrF3NO. The van der Waals surface area contributed by atoms with E-state index in [1.807, 2.05) is 27.7 Å². The molecule has 0 heterocycles. The molecule has 21 heavy (non-hydrogen) atoms. The van der Waals surface area contributed by atoms with Gasteiger partial charge in [0.1, 0.15) is 0 Å². The fourth-order valence-corrected chi connectivity index (χ4v) is 1.96. The maximum Gasteiger partial charge on any atom is 0.417 e. The van der Waals surface area contributed by atoms with Crippen LogP contribution in [0.2, 0.25) is 0 Å². The van der Waals surface area contributed by atoms with Crippen LogP contribution >= 0.6 is 15.9 Å². The summed E-state index contributed by atoms with van der Waals surface area (Å²) in [5.74, 6) is -0.558. The number of carbonyl (C=O) groups excluding carboxylic acids is 1. The molecular weight excluding hydrogens is 347 g/mol. The molecule has 0 spiro atoms. The first-order chi connectivity index (χ1) is 9.43. The third-order valence-electron chi connectivity index (χ3n) is 3.58. The molecule has 0 radical (unpaired) electrons. The van der Waals surface area contributed by atoms with Crippen LogP contribution in [0, 0.1) is 11.3 Å². The van der Waals surface area contributed by atoms with Crippen LogP contribution < -0.4 is 5.32 Å². The summed E-state index contributed by atoms with van der Waals surface area (Å²) in [7, 11) is 0. The number of benzene rings is 1. The van der Waals surface area contributed by atoms with Crippen molar-refractivity contribution in [1.29, 1.82) is 0 Å². The lowest BCUT2D eigenvalue weighted by molar-refractivity contribution is -0.138. The number of hydrogen-bond donors (Lipinski definition) is 1. The lowest BCUT2D eigenvalue weighted by Crippen LogP contribution is -2.34. The molecule has 0 aliphatic carbocycles. The summed E-state index contributed by atoms with van der Waals surface area (Å²) in [4.78, 5) is 12.0. The molecule has 6 heteroatoms. The normalized spacial score (nSPS) is 13.9. The van der Waals surface area contributed by atoms with Crippen molar-refractivity contribution in [3.05, 3.63) is 33.8 Å². The molecule has 1 N–H and O–H groups in total. The Morgan fingerprint density at radius 3 is 2.33 bits per heavy atom. The fourth-order valence-electron chi connectivity index (χ4n) is 1.60. The topological polar surface area (TPSA) is 29.1 Å². The molecule has 0 saturated heterocycles. The second-order valence-electron chi connectivity index (χ2n) is 6.16. The van der Waals surface area contributed by atoms with Gasteiger partial charge in [-0.05, 0) is 29.5 Å². The minimum absolute atomic E-state index is 0.0279. The van der Waals surface area contributed by atoms with Gasteiger partial charge < -0.3 is 5.32 Å². The van der Waals surface area contributed by atoms with E-state index in [1.54, 1.807) is 0 Å². The van der Waals surface area contributed by atoms with Crippen LogP contribution in [0.4, 0.5) is 13.2 Å². The fraction of sp³-hybridized carbons (Fsp3) is 0.533. The summed E-state index contributed by atoms with van der Waals surface area (Å²) in [6.45, 7) is 8.34. The number of halogens is 4. The van der Waals surface area contributed by atoms with Crippen molar-refractivity contribution in [3.63, 3.8) is 0 Å². The molecule has 0 fully saturated rings. The second kappa shape index (κ2) is 6.38. The highest BCUT2D eigenvalue weighted by Crippen LogP contribution is 2.34. The maximum absolute atomic E-state index is 13.0. The number of amides is 1. The molecule has 1 aromatic rings. The highest BCUT2D eigenvalue weighted by atomic mass is 79.9. The first-order valence-corrected chi connectivity index (χ1v) is 7.37. The molecule has 0 bridgehead atoms. The molecule has 1 amide bonds. The van der Waals surface area contributed by atoms with Crippen molar-refractivity contribution in [2.24, 2.45) is 11.3 Å². The average Bonchev–Trinajstić information content (AvgIpc) is 2.33. The Morgan fingerprint density at radius 1 is 1.29 bits per heavy atom. The van der Waals surface area contributed by atoms with Crippen molar-refractivity contribution in [2.45, 2.75) is 33.9 Å². The van der Waals surface area contributed by atoms with Crippen molar-refractivity contribution in [3.8, 4) is 0 Å². The summed E-state index contributed by atoms with van der Waals surface area (Å²) in [6.07, 6.45) is -4.56. The zero-order chi connectivity index (χ0) is 16.4. The third-order valence-corrected chi connectivity index (χ3v) is 4.07. The van der Waals surface area contributed by atoms with Gasteiger partial charge in [0.2, 0.25) is 0 Å². The Bertz CT molecular complexity index is 521. The van der Waals surface area contributed by atoms with Gasteiger partial charge in [-0.1, -0.05) is 43.6 Å². The summed E-state index contributed by atoms with van der Waals surface area (Å²) in [5.41, 5.74) is -1.32. The molecule has 118 valence electrons. The molecule has 0 aromatic heterocycles. The standard InChI is InChI=1S/C15H19BrF3NO/c1-9(14(2,3)4)8-20-13(21)11-6-5-10(16)7-12(11)15(17,18)19/h5-7,9H,8H2,1-4H3,(H,20,21). The average molecular weight is 366 g/mol. The van der Waals surface area contributed by atoms with Crippen LogP contribution in [0.15, 0.2) is 22.7 Å². The molecule has 1 rings (SSSR count). The van der Waals surface area contributed by atoms with E-state index in [0.29, 0.717) is 6.54 Å². The van der Waals surface area contributed by atoms with Gasteiger partial charge in [0.25, 0.3) is 5.91 Å². The van der Waals surface area contributed by atoms with E-state index in [0.717, 1.165) is 6.07 Å². The van der Waals surface area contributed by atoms with Crippen LogP contribution in [0.3, 0.4) is 0 Å². The minimum Gasteiger partial charge on any atom is -0.352 e. The Hall–Kier alpha value is -1.04. The molecule has 2 nitrogen and oxygen atoms in total. The van der Waals surface area contributed by atoms with E-state index in [-0.39, 0.29) is 21.4 Å². The third kappa shape index (κ3) is 5.02. The number of nitrogens with one attached hydrogen (secondary N) is 1. The van der Waals surface area contributed by atoms with Gasteiger partial charge in [-0.2, -0.15) is 13.2 Å². The molecule has 0 aliphatic rings. The Morgan fingerprint density at radius 2 is 1.86 bits per heavy atom. The Labute approximate surface area is 131 Å². The molecule has 1 unspecified atom stereocenters. The lowest BCUT2D eigenvalue weighted by Gasteiger charge is -2.27. The smallest absolute Gasteiger partial charge is 0.352 e. The summed E-state index contributed by atoms with van der Waals surface area (Å²) >= 11 is 2.99. The first-order valence-electron chi connectivity index (χ1n) is 6.58. The quantitative estimate of drug-likeness (QED) is 0.812. The van der Waals surface area contributed by atoms with Crippen molar-refractivity contribution in [2.75, 3.05) is 6.54 Å². The van der Waals surface area contributed by atoms with Crippen LogP contribution in [0.25, 0.3) is 0 Å². The van der Waals surface area contributed by atoms with Crippen LogP contribution in [-0.2, 0) is 6.18 Å².